The van der Waals surface area contributed by atoms with Crippen LogP contribution in [-0.4, -0.2) is 17.0 Å². The first-order chi connectivity index (χ1) is 10.3. The van der Waals surface area contributed by atoms with Gasteiger partial charge in [0.25, 0.3) is 0 Å². The van der Waals surface area contributed by atoms with Gasteiger partial charge in [0.2, 0.25) is 5.91 Å². The zero-order valence-corrected chi connectivity index (χ0v) is 12.9. The summed E-state index contributed by atoms with van der Waals surface area (Å²) in [6, 6.07) is 4.15. The third-order valence-electron chi connectivity index (χ3n) is 4.38. The Hall–Kier alpha value is -2.17. The van der Waals surface area contributed by atoms with Crippen molar-refractivity contribution in [2.75, 3.05) is 5.32 Å². The van der Waals surface area contributed by atoms with Crippen LogP contribution in [0.3, 0.4) is 0 Å². The molecule has 1 aliphatic carbocycles. The molecule has 22 heavy (non-hydrogen) atoms. The van der Waals surface area contributed by atoms with Crippen LogP contribution in [0.2, 0.25) is 0 Å². The molecular weight excluding hydrogens is 285 g/mol. The van der Waals surface area contributed by atoms with Crippen LogP contribution in [0.25, 0.3) is 0 Å². The van der Waals surface area contributed by atoms with Gasteiger partial charge >= 0.3 is 5.97 Å². The van der Waals surface area contributed by atoms with Crippen LogP contribution in [-0.2, 0) is 9.59 Å². The Kier molecular flexibility index (Phi) is 4.64. The largest absolute Gasteiger partial charge is 0.481 e. The highest BCUT2D eigenvalue weighted by molar-refractivity contribution is 5.96. The molecule has 0 saturated carbocycles. The van der Waals surface area contributed by atoms with Gasteiger partial charge in [0.1, 0.15) is 5.82 Å². The van der Waals surface area contributed by atoms with Gasteiger partial charge in [-0.25, -0.2) is 4.39 Å². The molecule has 1 aromatic carbocycles. The van der Waals surface area contributed by atoms with Crippen molar-refractivity contribution in [2.45, 2.75) is 33.6 Å². The predicted molar refractivity (Wildman–Crippen MR) is 82.0 cm³/mol. The molecule has 0 bridgehead atoms. The van der Waals surface area contributed by atoms with Crippen molar-refractivity contribution in [1.29, 1.82) is 0 Å². The molecule has 0 unspecified atom stereocenters. The van der Waals surface area contributed by atoms with E-state index < -0.39 is 23.6 Å². The molecule has 4 nitrogen and oxygen atoms in total. The summed E-state index contributed by atoms with van der Waals surface area (Å²) in [5, 5.41) is 12.0. The maximum Gasteiger partial charge on any atom is 0.307 e. The molecule has 2 atom stereocenters. The highest BCUT2D eigenvalue weighted by Gasteiger charge is 2.37. The van der Waals surface area contributed by atoms with Crippen molar-refractivity contribution in [2.24, 2.45) is 11.8 Å². The van der Waals surface area contributed by atoms with Crippen LogP contribution in [0.1, 0.15) is 32.3 Å². The Labute approximate surface area is 129 Å². The number of allylic oxidation sites excluding steroid dienone is 2. The van der Waals surface area contributed by atoms with E-state index in [0.29, 0.717) is 18.5 Å². The van der Waals surface area contributed by atoms with Crippen molar-refractivity contribution in [1.82, 2.24) is 0 Å². The number of aryl methyl sites for hydroxylation is 1. The van der Waals surface area contributed by atoms with Crippen molar-refractivity contribution < 1.29 is 19.1 Å². The molecule has 0 radical (unpaired) electrons. The van der Waals surface area contributed by atoms with Crippen molar-refractivity contribution >= 4 is 17.6 Å². The molecule has 0 saturated heterocycles. The molecule has 118 valence electrons. The number of carboxylic acid groups (broad SMARTS) is 1. The first-order valence-corrected chi connectivity index (χ1v) is 7.24. The molecule has 5 heteroatoms. The molecule has 0 heterocycles. The van der Waals surface area contributed by atoms with Gasteiger partial charge in [0, 0.05) is 5.69 Å². The van der Waals surface area contributed by atoms with Crippen LogP contribution >= 0.6 is 0 Å². The number of rotatable bonds is 3. The average Bonchev–Trinajstić information content (AvgIpc) is 2.45. The first kappa shape index (κ1) is 16.2. The first-order valence-electron chi connectivity index (χ1n) is 7.24. The number of carbonyl (C=O) groups is 2. The number of carboxylic acids is 1. The number of amides is 1. The standard InChI is InChI=1S/C17H20FNO3/c1-9-4-5-12(18)8-15(9)19-16(20)13-6-10(2)11(3)7-14(13)17(21)22/h4-5,8,13-14H,6-7H2,1-3H3,(H,19,20)(H,21,22)/t13-,14+/m0/s1. The van der Waals surface area contributed by atoms with E-state index in [0.717, 1.165) is 16.7 Å². The fourth-order valence-corrected chi connectivity index (χ4v) is 2.78. The smallest absolute Gasteiger partial charge is 0.307 e. The Morgan fingerprint density at radius 2 is 1.73 bits per heavy atom. The molecule has 0 fully saturated rings. The van der Waals surface area contributed by atoms with Crippen molar-refractivity contribution in [3.63, 3.8) is 0 Å². The predicted octanol–water partition coefficient (Wildman–Crippen LogP) is 3.52. The van der Waals surface area contributed by atoms with Crippen LogP contribution < -0.4 is 5.32 Å². The van der Waals surface area contributed by atoms with Gasteiger partial charge in [-0.05, 0) is 51.3 Å². The molecular formula is C17H20FNO3. The summed E-state index contributed by atoms with van der Waals surface area (Å²) in [6.07, 6.45) is 0.796. The zero-order chi connectivity index (χ0) is 16.4. The van der Waals surface area contributed by atoms with Crippen LogP contribution in [0, 0.1) is 24.6 Å². The van der Waals surface area contributed by atoms with Crippen LogP contribution in [0.15, 0.2) is 29.3 Å². The molecule has 2 rings (SSSR count). The van der Waals surface area contributed by atoms with Crippen LogP contribution in [0.5, 0.6) is 0 Å². The third kappa shape index (κ3) is 3.35. The highest BCUT2D eigenvalue weighted by atomic mass is 19.1. The van der Waals surface area contributed by atoms with E-state index in [9.17, 15) is 19.1 Å². The van der Waals surface area contributed by atoms with Gasteiger partial charge in [-0.15, -0.1) is 0 Å². The van der Waals surface area contributed by atoms with Gasteiger partial charge < -0.3 is 10.4 Å². The number of anilines is 1. The second-order valence-electron chi connectivity index (χ2n) is 5.97. The maximum atomic E-state index is 13.3. The molecule has 1 amide bonds. The summed E-state index contributed by atoms with van der Waals surface area (Å²) in [6.45, 7) is 5.58. The zero-order valence-electron chi connectivity index (χ0n) is 12.9. The fraction of sp³-hybridized carbons (Fsp3) is 0.412. The average molecular weight is 305 g/mol. The number of carbonyl (C=O) groups excluding carboxylic acids is 1. The molecule has 1 aliphatic rings. The second kappa shape index (κ2) is 6.30. The van der Waals surface area contributed by atoms with Gasteiger partial charge in [-0.3, -0.25) is 9.59 Å². The van der Waals surface area contributed by atoms with Gasteiger partial charge in [0.05, 0.1) is 11.8 Å². The summed E-state index contributed by atoms with van der Waals surface area (Å²) in [5.41, 5.74) is 3.20. The molecule has 1 aromatic rings. The van der Waals surface area contributed by atoms with Gasteiger partial charge in [0.15, 0.2) is 0 Å². The van der Waals surface area contributed by atoms with Crippen molar-refractivity contribution in [3.05, 3.63) is 40.7 Å². The SMILES string of the molecule is CC1=C(C)C[C@@H](C(=O)O)[C@@H](C(=O)Nc2cc(F)ccc2C)C1. The van der Waals surface area contributed by atoms with E-state index in [1.165, 1.54) is 12.1 Å². The summed E-state index contributed by atoms with van der Waals surface area (Å²) in [5.74, 6) is -3.15. The summed E-state index contributed by atoms with van der Waals surface area (Å²) in [7, 11) is 0. The normalized spacial score (nSPS) is 21.6. The van der Waals surface area contributed by atoms with Crippen LogP contribution in [0.4, 0.5) is 10.1 Å². The molecule has 0 aromatic heterocycles. The minimum atomic E-state index is -0.969. The Bertz CT molecular complexity index is 651. The second-order valence-corrected chi connectivity index (χ2v) is 5.97. The van der Waals surface area contributed by atoms with E-state index in [1.54, 1.807) is 13.0 Å². The van der Waals surface area contributed by atoms with Crippen molar-refractivity contribution in [3.8, 4) is 0 Å². The lowest BCUT2D eigenvalue weighted by Gasteiger charge is -2.29. The number of nitrogens with one attached hydrogen (secondary N) is 1. The number of hydrogen-bond acceptors (Lipinski definition) is 2. The summed E-state index contributed by atoms with van der Waals surface area (Å²) >= 11 is 0. The summed E-state index contributed by atoms with van der Waals surface area (Å²) < 4.78 is 13.3. The number of aliphatic carboxylic acids is 1. The maximum absolute atomic E-state index is 13.3. The Morgan fingerprint density at radius 1 is 1.14 bits per heavy atom. The number of benzene rings is 1. The minimum absolute atomic E-state index is 0.368. The van der Waals surface area contributed by atoms with Gasteiger partial charge in [-0.2, -0.15) is 0 Å². The van der Waals surface area contributed by atoms with E-state index in [4.69, 9.17) is 0 Å². The monoisotopic (exact) mass is 305 g/mol. The fourth-order valence-electron chi connectivity index (χ4n) is 2.78. The minimum Gasteiger partial charge on any atom is -0.481 e. The molecule has 0 aliphatic heterocycles. The van der Waals surface area contributed by atoms with E-state index in [1.807, 2.05) is 13.8 Å². The van der Waals surface area contributed by atoms with E-state index in [-0.39, 0.29) is 5.91 Å². The number of hydrogen-bond donors (Lipinski definition) is 2. The van der Waals surface area contributed by atoms with E-state index >= 15 is 0 Å². The Morgan fingerprint density at radius 3 is 2.32 bits per heavy atom. The van der Waals surface area contributed by atoms with E-state index in [2.05, 4.69) is 5.32 Å². The number of halogens is 1. The third-order valence-corrected chi connectivity index (χ3v) is 4.38. The lowest BCUT2D eigenvalue weighted by atomic mass is 9.76. The topological polar surface area (TPSA) is 66.4 Å². The molecule has 2 N–H and O–H groups in total. The lowest BCUT2D eigenvalue weighted by Crippen LogP contribution is -2.36. The quantitative estimate of drug-likeness (QED) is 0.840. The molecule has 0 spiro atoms. The van der Waals surface area contributed by atoms with Gasteiger partial charge in [-0.1, -0.05) is 17.2 Å². The lowest BCUT2D eigenvalue weighted by molar-refractivity contribution is -0.146. The Balaban J connectivity index is 2.23. The summed E-state index contributed by atoms with van der Waals surface area (Å²) in [4.78, 5) is 23.9. The highest BCUT2D eigenvalue weighted by Crippen LogP contribution is 2.35.